The molecule has 0 unspecified atom stereocenters. The molecule has 1 aromatic rings. The minimum Gasteiger partial charge on any atom is -0.336 e. The summed E-state index contributed by atoms with van der Waals surface area (Å²) in [6, 6.07) is 6.64. The molecule has 0 bridgehead atoms. The molecule has 0 spiro atoms. The quantitative estimate of drug-likeness (QED) is 0.867. The maximum absolute atomic E-state index is 12.3. The number of hydrogen-bond donors (Lipinski definition) is 1. The number of carbonyl (C=O) groups excluding carboxylic acids is 1. The number of pyridine rings is 1. The molecule has 1 N–H and O–H groups in total. The number of piperazine rings is 1. The van der Waals surface area contributed by atoms with Crippen LogP contribution in [0, 0.1) is 0 Å². The predicted molar refractivity (Wildman–Crippen MR) is 96.8 cm³/mol. The molecule has 1 aromatic heterocycles. The first-order valence-corrected chi connectivity index (χ1v) is 9.70. The van der Waals surface area contributed by atoms with Gasteiger partial charge in [-0.05, 0) is 44.4 Å². The lowest BCUT2D eigenvalue weighted by Gasteiger charge is -2.38. The molecule has 2 heterocycles. The van der Waals surface area contributed by atoms with E-state index in [0.717, 1.165) is 44.0 Å². The molecule has 1 aliphatic rings. The van der Waals surface area contributed by atoms with Gasteiger partial charge in [-0.2, -0.15) is 11.8 Å². The van der Waals surface area contributed by atoms with Crippen LogP contribution in [0.1, 0.15) is 32.0 Å². The summed E-state index contributed by atoms with van der Waals surface area (Å²) in [7, 11) is 0. The average molecular weight is 337 g/mol. The molecule has 5 nitrogen and oxygen atoms in total. The molecular weight excluding hydrogens is 308 g/mol. The number of urea groups is 1. The third-order valence-corrected chi connectivity index (χ3v) is 5.03. The van der Waals surface area contributed by atoms with Crippen molar-refractivity contribution in [1.29, 1.82) is 0 Å². The summed E-state index contributed by atoms with van der Waals surface area (Å²) in [5.74, 6) is 1.08. The zero-order chi connectivity index (χ0) is 16.7. The Hall–Kier alpha value is -1.27. The van der Waals surface area contributed by atoms with E-state index in [0.29, 0.717) is 6.04 Å². The zero-order valence-corrected chi connectivity index (χ0v) is 15.2. The van der Waals surface area contributed by atoms with Crippen molar-refractivity contribution in [2.75, 3.05) is 38.2 Å². The van der Waals surface area contributed by atoms with Crippen molar-refractivity contribution in [2.24, 2.45) is 0 Å². The van der Waals surface area contributed by atoms with Gasteiger partial charge in [-0.25, -0.2) is 4.79 Å². The molecule has 1 saturated heterocycles. The number of aromatic nitrogens is 1. The Bertz CT molecular complexity index is 477. The summed E-state index contributed by atoms with van der Waals surface area (Å²) < 4.78 is 0. The number of thioether (sulfide) groups is 1. The molecule has 6 heteroatoms. The van der Waals surface area contributed by atoms with E-state index >= 15 is 0 Å². The molecular formula is C17H28N4OS. The van der Waals surface area contributed by atoms with Gasteiger partial charge < -0.3 is 10.2 Å². The van der Waals surface area contributed by atoms with Crippen molar-refractivity contribution in [3.05, 3.63) is 30.1 Å². The normalized spacial score (nSPS) is 18.5. The van der Waals surface area contributed by atoms with Crippen molar-refractivity contribution >= 4 is 17.8 Å². The largest absolute Gasteiger partial charge is 0.336 e. The second-order valence-corrected chi connectivity index (χ2v) is 7.07. The predicted octanol–water partition coefficient (Wildman–Crippen LogP) is 2.61. The van der Waals surface area contributed by atoms with E-state index in [1.165, 1.54) is 0 Å². The van der Waals surface area contributed by atoms with Crippen LogP contribution in [0.15, 0.2) is 24.4 Å². The van der Waals surface area contributed by atoms with Gasteiger partial charge in [0.25, 0.3) is 0 Å². The third-order valence-electron chi connectivity index (χ3n) is 4.39. The standard InChI is InChI=1S/C17H28N4OS/c1-14(7-13-23-3)19-17(22)21-11-9-20(10-12-21)15(2)16-6-4-5-8-18-16/h4-6,8,14-15H,7,9-13H2,1-3H3,(H,19,22)/t14-,15-/m0/s1. The summed E-state index contributed by atoms with van der Waals surface area (Å²) in [6.07, 6.45) is 4.95. The number of nitrogens with one attached hydrogen (secondary N) is 1. The summed E-state index contributed by atoms with van der Waals surface area (Å²) in [4.78, 5) is 21.1. The first-order valence-electron chi connectivity index (χ1n) is 8.31. The Labute approximate surface area is 143 Å². The van der Waals surface area contributed by atoms with Crippen LogP contribution in [-0.2, 0) is 0 Å². The first-order chi connectivity index (χ1) is 11.1. The van der Waals surface area contributed by atoms with Gasteiger partial charge >= 0.3 is 6.03 Å². The van der Waals surface area contributed by atoms with Crippen LogP contribution in [0.25, 0.3) is 0 Å². The van der Waals surface area contributed by atoms with E-state index in [-0.39, 0.29) is 12.1 Å². The second kappa shape index (κ2) is 9.13. The van der Waals surface area contributed by atoms with Crippen LogP contribution in [0.4, 0.5) is 4.79 Å². The van der Waals surface area contributed by atoms with Crippen molar-refractivity contribution in [3.8, 4) is 0 Å². The summed E-state index contributed by atoms with van der Waals surface area (Å²) in [5.41, 5.74) is 1.09. The molecule has 2 rings (SSSR count). The maximum atomic E-state index is 12.3. The SMILES string of the molecule is CSCC[C@H](C)NC(=O)N1CCN([C@@H](C)c2ccccn2)CC1. The van der Waals surface area contributed by atoms with Gasteiger partial charge in [-0.15, -0.1) is 0 Å². The molecule has 128 valence electrons. The van der Waals surface area contributed by atoms with E-state index < -0.39 is 0 Å². The van der Waals surface area contributed by atoms with Gasteiger partial charge in [0.05, 0.1) is 5.69 Å². The number of carbonyl (C=O) groups is 1. The van der Waals surface area contributed by atoms with E-state index in [4.69, 9.17) is 0 Å². The summed E-state index contributed by atoms with van der Waals surface area (Å²) in [6.45, 7) is 7.60. The second-order valence-electron chi connectivity index (χ2n) is 6.09. The van der Waals surface area contributed by atoms with Gasteiger partial charge in [-0.1, -0.05) is 6.07 Å². The molecule has 23 heavy (non-hydrogen) atoms. The fraction of sp³-hybridized carbons (Fsp3) is 0.647. The zero-order valence-electron chi connectivity index (χ0n) is 14.4. The highest BCUT2D eigenvalue weighted by Gasteiger charge is 2.25. The van der Waals surface area contributed by atoms with Crippen LogP contribution >= 0.6 is 11.8 Å². The molecule has 2 amide bonds. The average Bonchev–Trinajstić information content (AvgIpc) is 2.60. The highest BCUT2D eigenvalue weighted by molar-refractivity contribution is 7.98. The fourth-order valence-electron chi connectivity index (χ4n) is 2.79. The van der Waals surface area contributed by atoms with Gasteiger partial charge in [0.15, 0.2) is 0 Å². The Morgan fingerprint density at radius 1 is 1.30 bits per heavy atom. The van der Waals surface area contributed by atoms with Gasteiger partial charge in [0.2, 0.25) is 0 Å². The van der Waals surface area contributed by atoms with Crippen LogP contribution in [-0.4, -0.2) is 65.0 Å². The molecule has 0 saturated carbocycles. The number of amides is 2. The van der Waals surface area contributed by atoms with E-state index in [2.05, 4.69) is 41.4 Å². The van der Waals surface area contributed by atoms with Crippen LogP contribution in [0.2, 0.25) is 0 Å². The molecule has 0 radical (unpaired) electrons. The van der Waals surface area contributed by atoms with E-state index in [1.807, 2.05) is 35.0 Å². The van der Waals surface area contributed by atoms with Crippen LogP contribution in [0.5, 0.6) is 0 Å². The number of rotatable bonds is 6. The first kappa shape index (κ1) is 18.1. The highest BCUT2D eigenvalue weighted by atomic mass is 32.2. The smallest absolute Gasteiger partial charge is 0.317 e. The topological polar surface area (TPSA) is 48.5 Å². The highest BCUT2D eigenvalue weighted by Crippen LogP contribution is 2.19. The van der Waals surface area contributed by atoms with Crippen molar-refractivity contribution < 1.29 is 4.79 Å². The third kappa shape index (κ3) is 5.39. The molecule has 1 aliphatic heterocycles. The lowest BCUT2D eigenvalue weighted by Crippen LogP contribution is -2.53. The lowest BCUT2D eigenvalue weighted by molar-refractivity contribution is 0.111. The maximum Gasteiger partial charge on any atom is 0.317 e. The van der Waals surface area contributed by atoms with Crippen molar-refractivity contribution in [1.82, 2.24) is 20.1 Å². The Balaban J connectivity index is 1.78. The van der Waals surface area contributed by atoms with E-state index in [1.54, 1.807) is 0 Å². The minimum absolute atomic E-state index is 0.0729. The Morgan fingerprint density at radius 3 is 2.65 bits per heavy atom. The summed E-state index contributed by atoms with van der Waals surface area (Å²) in [5, 5.41) is 3.10. The van der Waals surface area contributed by atoms with Gasteiger partial charge in [0.1, 0.15) is 0 Å². The van der Waals surface area contributed by atoms with E-state index in [9.17, 15) is 4.79 Å². The van der Waals surface area contributed by atoms with Crippen LogP contribution < -0.4 is 5.32 Å². The molecule has 0 aromatic carbocycles. The van der Waals surface area contributed by atoms with Crippen molar-refractivity contribution in [2.45, 2.75) is 32.4 Å². The molecule has 0 aliphatic carbocycles. The number of hydrogen-bond acceptors (Lipinski definition) is 4. The summed E-state index contributed by atoms with van der Waals surface area (Å²) >= 11 is 1.82. The Kier molecular flexibility index (Phi) is 7.17. The number of nitrogens with zero attached hydrogens (tertiary/aromatic N) is 3. The molecule has 2 atom stereocenters. The molecule has 1 fully saturated rings. The van der Waals surface area contributed by atoms with Crippen molar-refractivity contribution in [3.63, 3.8) is 0 Å². The monoisotopic (exact) mass is 336 g/mol. The van der Waals surface area contributed by atoms with Gasteiger partial charge in [-0.3, -0.25) is 9.88 Å². The van der Waals surface area contributed by atoms with Crippen LogP contribution in [0.3, 0.4) is 0 Å². The fourth-order valence-corrected chi connectivity index (χ4v) is 3.38. The lowest BCUT2D eigenvalue weighted by atomic mass is 10.1. The van der Waals surface area contributed by atoms with Gasteiger partial charge in [0, 0.05) is 44.5 Å². The Morgan fingerprint density at radius 2 is 2.04 bits per heavy atom. The minimum atomic E-state index is 0.0729.